The van der Waals surface area contributed by atoms with Crippen molar-refractivity contribution in [2.24, 2.45) is 5.73 Å². The van der Waals surface area contributed by atoms with Crippen LogP contribution in [0, 0.1) is 0 Å². The van der Waals surface area contributed by atoms with Gasteiger partial charge in [-0.05, 0) is 34.6 Å². The molecule has 0 saturated carbocycles. The third-order valence-electron chi connectivity index (χ3n) is 1.35. The van der Waals surface area contributed by atoms with Gasteiger partial charge in [0.2, 0.25) is 0 Å². The Balaban J connectivity index is 4.64. The zero-order valence-electron chi connectivity index (χ0n) is 10.4. The summed E-state index contributed by atoms with van der Waals surface area (Å²) in [5.74, 6) is -1.55. The van der Waals surface area contributed by atoms with E-state index in [0.29, 0.717) is 0 Å². The zero-order chi connectivity index (χ0) is 12.9. The number of nitrogens with two attached hydrogens (primary N) is 1. The summed E-state index contributed by atoms with van der Waals surface area (Å²) in [5, 5.41) is 0. The number of hydrogen-bond donors (Lipinski definition) is 1. The molecule has 0 aliphatic rings. The molecular weight excluding hydrogens is 210 g/mol. The molecule has 92 valence electrons. The van der Waals surface area contributed by atoms with E-state index < -0.39 is 17.5 Å². The molecule has 0 fully saturated rings. The second-order valence-electron chi connectivity index (χ2n) is 4.54. The molecule has 0 heterocycles. The van der Waals surface area contributed by atoms with Crippen LogP contribution in [0.25, 0.3) is 0 Å². The van der Waals surface area contributed by atoms with Crippen molar-refractivity contribution in [3.05, 3.63) is 11.8 Å². The van der Waals surface area contributed by atoms with Crippen LogP contribution in [0.1, 0.15) is 34.6 Å². The van der Waals surface area contributed by atoms with E-state index >= 15 is 0 Å². The van der Waals surface area contributed by atoms with Gasteiger partial charge in [-0.25, -0.2) is 9.59 Å². The minimum absolute atomic E-state index is 0.288. The Morgan fingerprint density at radius 1 is 1.19 bits per heavy atom. The highest BCUT2D eigenvalue weighted by Gasteiger charge is 2.26. The first-order valence-electron chi connectivity index (χ1n) is 5.03. The van der Waals surface area contributed by atoms with Crippen LogP contribution in [0.2, 0.25) is 0 Å². The van der Waals surface area contributed by atoms with E-state index in [1.54, 1.807) is 34.6 Å². The van der Waals surface area contributed by atoms with Gasteiger partial charge in [-0.1, -0.05) is 0 Å². The van der Waals surface area contributed by atoms with Crippen LogP contribution in [-0.2, 0) is 19.1 Å². The van der Waals surface area contributed by atoms with Crippen LogP contribution in [0.5, 0.6) is 0 Å². The molecule has 0 radical (unpaired) electrons. The van der Waals surface area contributed by atoms with E-state index in [1.165, 1.54) is 0 Å². The molecule has 0 aromatic rings. The molecule has 0 saturated heterocycles. The number of ether oxygens (including phenoxy) is 2. The number of carbonyl (C=O) groups is 2. The maximum Gasteiger partial charge on any atom is 0.347 e. The highest BCUT2D eigenvalue weighted by Crippen LogP contribution is 2.11. The van der Waals surface area contributed by atoms with E-state index in [0.717, 1.165) is 6.20 Å². The third-order valence-corrected chi connectivity index (χ3v) is 1.35. The van der Waals surface area contributed by atoms with Crippen molar-refractivity contribution in [2.75, 3.05) is 0 Å². The lowest BCUT2D eigenvalue weighted by atomic mass is 10.2. The molecule has 0 spiro atoms. The predicted molar refractivity (Wildman–Crippen MR) is 59.3 cm³/mol. The van der Waals surface area contributed by atoms with Crippen molar-refractivity contribution in [3.8, 4) is 0 Å². The van der Waals surface area contributed by atoms with E-state index in [2.05, 4.69) is 0 Å². The topological polar surface area (TPSA) is 78.6 Å². The van der Waals surface area contributed by atoms with Crippen molar-refractivity contribution in [1.29, 1.82) is 0 Å². The summed E-state index contributed by atoms with van der Waals surface area (Å²) in [7, 11) is 0. The monoisotopic (exact) mass is 229 g/mol. The quantitative estimate of drug-likeness (QED) is 0.339. The Bertz CT molecular complexity index is 300. The molecule has 0 bridgehead atoms. The molecule has 5 nitrogen and oxygen atoms in total. The SMILES string of the molecule is CC(C)OC(=O)C(=CN)C(=O)OC(C)(C)C. The Hall–Kier alpha value is -1.52. The third kappa shape index (κ3) is 5.38. The van der Waals surface area contributed by atoms with Gasteiger partial charge in [0.05, 0.1) is 6.10 Å². The zero-order valence-corrected chi connectivity index (χ0v) is 10.4. The summed E-state index contributed by atoms with van der Waals surface area (Å²) < 4.78 is 9.86. The van der Waals surface area contributed by atoms with E-state index in [1.807, 2.05) is 0 Å². The first kappa shape index (κ1) is 14.5. The van der Waals surface area contributed by atoms with Crippen LogP contribution in [0.4, 0.5) is 0 Å². The minimum Gasteiger partial charge on any atom is -0.459 e. The van der Waals surface area contributed by atoms with Gasteiger partial charge in [0.15, 0.2) is 5.57 Å². The fourth-order valence-electron chi connectivity index (χ4n) is 0.830. The molecule has 0 aromatic heterocycles. The smallest absolute Gasteiger partial charge is 0.347 e. The van der Waals surface area contributed by atoms with Crippen LogP contribution < -0.4 is 5.73 Å². The summed E-state index contributed by atoms with van der Waals surface area (Å²) in [5.41, 5.74) is 4.24. The molecule has 0 aliphatic heterocycles. The summed E-state index contributed by atoms with van der Waals surface area (Å²) in [4.78, 5) is 23.0. The van der Waals surface area contributed by atoms with E-state index in [9.17, 15) is 9.59 Å². The van der Waals surface area contributed by atoms with Gasteiger partial charge in [-0.3, -0.25) is 0 Å². The van der Waals surface area contributed by atoms with Gasteiger partial charge in [-0.2, -0.15) is 0 Å². The molecular formula is C11H19NO4. The molecule has 2 N–H and O–H groups in total. The maximum absolute atomic E-state index is 11.5. The van der Waals surface area contributed by atoms with Crippen LogP contribution in [0.3, 0.4) is 0 Å². The molecule has 0 atom stereocenters. The Morgan fingerprint density at radius 3 is 2.00 bits per heavy atom. The van der Waals surface area contributed by atoms with E-state index in [4.69, 9.17) is 15.2 Å². The summed E-state index contributed by atoms with van der Waals surface area (Å²) in [6, 6.07) is 0. The highest BCUT2D eigenvalue weighted by molar-refractivity contribution is 6.14. The van der Waals surface area contributed by atoms with Crippen molar-refractivity contribution in [1.82, 2.24) is 0 Å². The largest absolute Gasteiger partial charge is 0.459 e. The first-order chi connectivity index (χ1) is 7.17. The van der Waals surface area contributed by atoms with Crippen LogP contribution in [-0.4, -0.2) is 23.6 Å². The van der Waals surface area contributed by atoms with Gasteiger partial charge in [0.25, 0.3) is 0 Å². The first-order valence-corrected chi connectivity index (χ1v) is 5.03. The molecule has 5 heteroatoms. The maximum atomic E-state index is 11.5. The lowest BCUT2D eigenvalue weighted by Crippen LogP contribution is -2.29. The van der Waals surface area contributed by atoms with Crippen molar-refractivity contribution in [2.45, 2.75) is 46.3 Å². The Morgan fingerprint density at radius 2 is 1.69 bits per heavy atom. The second kappa shape index (κ2) is 5.53. The molecule has 0 aromatic carbocycles. The van der Waals surface area contributed by atoms with Gasteiger partial charge >= 0.3 is 11.9 Å². The molecule has 0 rings (SSSR count). The highest BCUT2D eigenvalue weighted by atomic mass is 16.6. The van der Waals surface area contributed by atoms with Gasteiger partial charge in [-0.15, -0.1) is 0 Å². The average Bonchev–Trinajstić information content (AvgIpc) is 1.99. The van der Waals surface area contributed by atoms with Crippen molar-refractivity contribution >= 4 is 11.9 Å². The second-order valence-corrected chi connectivity index (χ2v) is 4.54. The normalized spacial score (nSPS) is 12.5. The van der Waals surface area contributed by atoms with Crippen molar-refractivity contribution in [3.63, 3.8) is 0 Å². The fourth-order valence-corrected chi connectivity index (χ4v) is 0.830. The van der Waals surface area contributed by atoms with Crippen molar-refractivity contribution < 1.29 is 19.1 Å². The summed E-state index contributed by atoms with van der Waals surface area (Å²) in [6.45, 7) is 8.47. The molecule has 0 unspecified atom stereocenters. The fraction of sp³-hybridized carbons (Fsp3) is 0.636. The standard InChI is InChI=1S/C11H19NO4/c1-7(2)15-9(13)8(6-12)10(14)16-11(3,4)5/h6-7H,12H2,1-5H3. The molecule has 0 aliphatic carbocycles. The average molecular weight is 229 g/mol. The number of esters is 2. The van der Waals surface area contributed by atoms with Gasteiger partial charge in [0, 0.05) is 6.20 Å². The van der Waals surface area contributed by atoms with Crippen LogP contribution in [0.15, 0.2) is 11.8 Å². The van der Waals surface area contributed by atoms with Gasteiger partial charge in [0.1, 0.15) is 5.60 Å². The number of rotatable bonds is 3. The molecule has 16 heavy (non-hydrogen) atoms. The summed E-state index contributed by atoms with van der Waals surface area (Å²) in [6.07, 6.45) is 0.587. The van der Waals surface area contributed by atoms with Gasteiger partial charge < -0.3 is 15.2 Å². The lowest BCUT2D eigenvalue weighted by Gasteiger charge is -2.20. The molecule has 0 amide bonds. The van der Waals surface area contributed by atoms with E-state index in [-0.39, 0.29) is 11.7 Å². The number of hydrogen-bond acceptors (Lipinski definition) is 5. The minimum atomic E-state index is -0.777. The lowest BCUT2D eigenvalue weighted by molar-refractivity contribution is -0.155. The number of carbonyl (C=O) groups excluding carboxylic acids is 2. The Kier molecular flexibility index (Phi) is 5.01. The summed E-state index contributed by atoms with van der Waals surface area (Å²) >= 11 is 0. The predicted octanol–water partition coefficient (Wildman–Crippen LogP) is 1.12. The Labute approximate surface area is 95.6 Å². The van der Waals surface area contributed by atoms with Crippen LogP contribution >= 0.6 is 0 Å².